The predicted octanol–water partition coefficient (Wildman–Crippen LogP) is 5.35. The highest BCUT2D eigenvalue weighted by atomic mass is 16.3. The van der Waals surface area contributed by atoms with E-state index in [1.165, 1.54) is 50.5 Å². The van der Waals surface area contributed by atoms with E-state index >= 15 is 0 Å². The Labute approximate surface area is 118 Å². The van der Waals surface area contributed by atoms with Crippen LogP contribution in [0.3, 0.4) is 0 Å². The first kappa shape index (κ1) is 14.6. The van der Waals surface area contributed by atoms with Gasteiger partial charge in [-0.15, -0.1) is 0 Å². The van der Waals surface area contributed by atoms with E-state index in [9.17, 15) is 5.11 Å². The van der Waals surface area contributed by atoms with Gasteiger partial charge in [-0.25, -0.2) is 0 Å². The lowest BCUT2D eigenvalue weighted by atomic mass is 9.83. The van der Waals surface area contributed by atoms with Crippen molar-refractivity contribution in [1.29, 1.82) is 0 Å². The summed E-state index contributed by atoms with van der Waals surface area (Å²) in [6, 6.07) is 8.77. The van der Waals surface area contributed by atoms with E-state index in [-0.39, 0.29) is 6.10 Å². The lowest BCUT2D eigenvalue weighted by Gasteiger charge is -2.22. The lowest BCUT2D eigenvalue weighted by Crippen LogP contribution is -2.05. The third kappa shape index (κ3) is 4.35. The molecule has 0 aromatic heterocycles. The smallest absolute Gasteiger partial charge is 0.0790 e. The molecule has 1 aromatic rings. The van der Waals surface area contributed by atoms with Crippen LogP contribution in [0.2, 0.25) is 0 Å². The quantitative estimate of drug-likeness (QED) is 0.684. The summed E-state index contributed by atoms with van der Waals surface area (Å²) in [5.41, 5.74) is 2.57. The van der Waals surface area contributed by atoms with Crippen LogP contribution in [-0.4, -0.2) is 5.11 Å². The fraction of sp³-hybridized carbons (Fsp3) is 0.667. The first-order chi connectivity index (χ1) is 9.31. The molecule has 1 unspecified atom stereocenters. The summed E-state index contributed by atoms with van der Waals surface area (Å²) in [6.07, 6.45) is 11.1. The van der Waals surface area contributed by atoms with Gasteiger partial charge in [0, 0.05) is 0 Å². The van der Waals surface area contributed by atoms with Gasteiger partial charge in [-0.1, -0.05) is 69.7 Å². The molecular weight excluding hydrogens is 232 g/mol. The lowest BCUT2D eigenvalue weighted by molar-refractivity contribution is 0.163. The molecule has 0 aliphatic heterocycles. The van der Waals surface area contributed by atoms with E-state index < -0.39 is 0 Å². The predicted molar refractivity (Wildman–Crippen MR) is 81.4 cm³/mol. The van der Waals surface area contributed by atoms with Crippen LogP contribution in [0.5, 0.6) is 0 Å². The van der Waals surface area contributed by atoms with E-state index in [1.807, 2.05) is 0 Å². The Bertz CT molecular complexity index is 348. The van der Waals surface area contributed by atoms with Crippen LogP contribution in [0, 0.1) is 0 Å². The summed E-state index contributed by atoms with van der Waals surface area (Å²) in [5.74, 6) is 0.764. The van der Waals surface area contributed by atoms with Gasteiger partial charge in [0.05, 0.1) is 6.10 Å². The Morgan fingerprint density at radius 1 is 1.05 bits per heavy atom. The number of rotatable bonds is 6. The third-order valence-electron chi connectivity index (χ3n) is 4.48. The van der Waals surface area contributed by atoms with Gasteiger partial charge in [0.25, 0.3) is 0 Å². The van der Waals surface area contributed by atoms with Crippen molar-refractivity contribution in [2.24, 2.45) is 0 Å². The molecule has 1 N–H and O–H groups in total. The molecule has 1 saturated carbocycles. The standard InChI is InChI=1S/C18H28O/c1-2-3-5-10-18(19)17-13-11-16(12-14-17)15-8-6-4-7-9-15/h11-15,18-19H,2-10H2,1H3. The van der Waals surface area contributed by atoms with Crippen LogP contribution < -0.4 is 0 Å². The minimum absolute atomic E-state index is 0.271. The number of benzene rings is 1. The molecule has 1 heteroatoms. The van der Waals surface area contributed by atoms with Crippen LogP contribution in [0.4, 0.5) is 0 Å². The fourth-order valence-corrected chi connectivity index (χ4v) is 3.18. The molecule has 1 aliphatic carbocycles. The van der Waals surface area contributed by atoms with Gasteiger partial charge in [-0.05, 0) is 36.3 Å². The average molecular weight is 260 g/mol. The van der Waals surface area contributed by atoms with Crippen molar-refractivity contribution >= 4 is 0 Å². The maximum absolute atomic E-state index is 10.1. The SMILES string of the molecule is CCCCCC(O)c1ccc(C2CCCCC2)cc1. The van der Waals surface area contributed by atoms with Crippen LogP contribution in [0.25, 0.3) is 0 Å². The second kappa shape index (κ2) is 7.69. The van der Waals surface area contributed by atoms with E-state index in [4.69, 9.17) is 0 Å². The van der Waals surface area contributed by atoms with E-state index in [1.54, 1.807) is 0 Å². The molecule has 1 fully saturated rings. The maximum Gasteiger partial charge on any atom is 0.0790 e. The Morgan fingerprint density at radius 3 is 2.37 bits per heavy atom. The third-order valence-corrected chi connectivity index (χ3v) is 4.48. The monoisotopic (exact) mass is 260 g/mol. The Hall–Kier alpha value is -0.820. The van der Waals surface area contributed by atoms with Crippen molar-refractivity contribution in [2.45, 2.75) is 76.7 Å². The van der Waals surface area contributed by atoms with Crippen LogP contribution >= 0.6 is 0 Å². The molecule has 0 radical (unpaired) electrons. The topological polar surface area (TPSA) is 20.2 Å². The maximum atomic E-state index is 10.1. The number of unbranched alkanes of at least 4 members (excludes halogenated alkanes) is 2. The highest BCUT2D eigenvalue weighted by Crippen LogP contribution is 2.33. The molecule has 2 rings (SSSR count). The highest BCUT2D eigenvalue weighted by molar-refractivity contribution is 5.27. The van der Waals surface area contributed by atoms with Crippen molar-refractivity contribution < 1.29 is 5.11 Å². The molecular formula is C18H28O. The zero-order valence-corrected chi connectivity index (χ0v) is 12.3. The normalized spacial score (nSPS) is 18.4. The van der Waals surface area contributed by atoms with E-state index in [0.29, 0.717) is 0 Å². The first-order valence-corrected chi connectivity index (χ1v) is 8.09. The summed E-state index contributed by atoms with van der Waals surface area (Å²) >= 11 is 0. The van der Waals surface area contributed by atoms with Gasteiger partial charge < -0.3 is 5.11 Å². The molecule has 1 nitrogen and oxygen atoms in total. The highest BCUT2D eigenvalue weighted by Gasteiger charge is 2.15. The van der Waals surface area contributed by atoms with Gasteiger partial charge >= 0.3 is 0 Å². The number of aliphatic hydroxyl groups is 1. The molecule has 0 amide bonds. The Morgan fingerprint density at radius 2 is 1.74 bits per heavy atom. The van der Waals surface area contributed by atoms with Gasteiger partial charge in [0.15, 0.2) is 0 Å². The minimum Gasteiger partial charge on any atom is -0.388 e. The number of hydrogen-bond donors (Lipinski definition) is 1. The molecule has 19 heavy (non-hydrogen) atoms. The molecule has 1 atom stereocenters. The largest absolute Gasteiger partial charge is 0.388 e. The molecule has 0 saturated heterocycles. The average Bonchev–Trinajstić information content (AvgIpc) is 2.48. The van der Waals surface area contributed by atoms with Gasteiger partial charge in [0.1, 0.15) is 0 Å². The van der Waals surface area contributed by atoms with Crippen LogP contribution in [0.15, 0.2) is 24.3 Å². The van der Waals surface area contributed by atoms with Crippen LogP contribution in [-0.2, 0) is 0 Å². The molecule has 1 aromatic carbocycles. The summed E-state index contributed by atoms with van der Waals surface area (Å²) in [6.45, 7) is 2.20. The summed E-state index contributed by atoms with van der Waals surface area (Å²) in [5, 5.41) is 10.1. The zero-order chi connectivity index (χ0) is 13.5. The van der Waals surface area contributed by atoms with Crippen LogP contribution in [0.1, 0.15) is 87.9 Å². The first-order valence-electron chi connectivity index (χ1n) is 8.09. The summed E-state index contributed by atoms with van der Waals surface area (Å²) < 4.78 is 0. The van der Waals surface area contributed by atoms with E-state index in [2.05, 4.69) is 31.2 Å². The second-order valence-corrected chi connectivity index (χ2v) is 6.01. The van der Waals surface area contributed by atoms with Crippen molar-refractivity contribution in [3.05, 3.63) is 35.4 Å². The van der Waals surface area contributed by atoms with Gasteiger partial charge in [0.2, 0.25) is 0 Å². The number of hydrogen-bond acceptors (Lipinski definition) is 1. The summed E-state index contributed by atoms with van der Waals surface area (Å²) in [4.78, 5) is 0. The molecule has 0 bridgehead atoms. The molecule has 106 valence electrons. The second-order valence-electron chi connectivity index (χ2n) is 6.01. The van der Waals surface area contributed by atoms with Crippen molar-refractivity contribution in [3.63, 3.8) is 0 Å². The Balaban J connectivity index is 1.89. The zero-order valence-electron chi connectivity index (χ0n) is 12.3. The Kier molecular flexibility index (Phi) is 5.91. The number of aliphatic hydroxyl groups excluding tert-OH is 1. The van der Waals surface area contributed by atoms with Crippen molar-refractivity contribution in [2.75, 3.05) is 0 Å². The molecule has 1 aliphatic rings. The van der Waals surface area contributed by atoms with Gasteiger partial charge in [-0.3, -0.25) is 0 Å². The van der Waals surface area contributed by atoms with E-state index in [0.717, 1.165) is 24.3 Å². The van der Waals surface area contributed by atoms with Crippen molar-refractivity contribution in [1.82, 2.24) is 0 Å². The van der Waals surface area contributed by atoms with Crippen molar-refractivity contribution in [3.8, 4) is 0 Å². The van der Waals surface area contributed by atoms with Gasteiger partial charge in [-0.2, -0.15) is 0 Å². The molecule has 0 heterocycles. The molecule has 0 spiro atoms. The minimum atomic E-state index is -0.271. The fourth-order valence-electron chi connectivity index (χ4n) is 3.18. The summed E-state index contributed by atoms with van der Waals surface area (Å²) in [7, 11) is 0.